The van der Waals surface area contributed by atoms with Crippen LogP contribution in [0.4, 0.5) is 8.78 Å². The Labute approximate surface area is 121 Å². The molecular weight excluding hydrogens is 288 g/mol. The molecule has 0 radical (unpaired) electrons. The summed E-state index contributed by atoms with van der Waals surface area (Å²) in [4.78, 5) is 11.9. The number of hydrogen-bond donors (Lipinski definition) is 1. The first-order valence-corrected chi connectivity index (χ1v) is 6.97. The average molecular weight is 304 g/mol. The van der Waals surface area contributed by atoms with Crippen LogP contribution in [0.1, 0.15) is 29.6 Å². The molecule has 3 nitrogen and oxygen atoms in total. The van der Waals surface area contributed by atoms with Crippen LogP contribution in [0.2, 0.25) is 0 Å². The normalized spacial score (nSPS) is 22.0. The van der Waals surface area contributed by atoms with Crippen molar-refractivity contribution in [2.24, 2.45) is 5.92 Å². The Morgan fingerprint density at radius 1 is 1.35 bits per heavy atom. The second-order valence-electron chi connectivity index (χ2n) is 4.82. The van der Waals surface area contributed by atoms with Crippen molar-refractivity contribution in [1.29, 1.82) is 0 Å². The van der Waals surface area contributed by atoms with Crippen molar-refractivity contribution in [2.45, 2.75) is 31.3 Å². The minimum absolute atomic E-state index is 0.0353. The van der Waals surface area contributed by atoms with E-state index < -0.39 is 6.61 Å². The van der Waals surface area contributed by atoms with Gasteiger partial charge in [0.25, 0.3) is 5.91 Å². The number of alkyl halides is 3. The maximum atomic E-state index is 12.0. The van der Waals surface area contributed by atoms with Gasteiger partial charge in [-0.15, -0.1) is 11.6 Å². The van der Waals surface area contributed by atoms with Crippen LogP contribution in [0.5, 0.6) is 5.75 Å². The van der Waals surface area contributed by atoms with Crippen molar-refractivity contribution < 1.29 is 18.3 Å². The standard InChI is InChI=1S/C14H16ClF2NO2/c15-12-3-1-2-10(12)8-18-13(19)9-4-6-11(7-5-9)20-14(16)17/h4-7,10,12,14H,1-3,8H2,(H,18,19). The van der Waals surface area contributed by atoms with E-state index in [1.165, 1.54) is 24.3 Å². The lowest BCUT2D eigenvalue weighted by atomic mass is 10.1. The fourth-order valence-electron chi connectivity index (χ4n) is 2.34. The van der Waals surface area contributed by atoms with Crippen molar-refractivity contribution in [3.8, 4) is 5.75 Å². The molecular formula is C14H16ClF2NO2. The number of carbonyl (C=O) groups is 1. The zero-order chi connectivity index (χ0) is 14.5. The summed E-state index contributed by atoms with van der Waals surface area (Å²) in [7, 11) is 0. The van der Waals surface area contributed by atoms with E-state index in [9.17, 15) is 13.6 Å². The number of hydrogen-bond acceptors (Lipinski definition) is 2. The quantitative estimate of drug-likeness (QED) is 0.846. The third-order valence-electron chi connectivity index (χ3n) is 3.43. The van der Waals surface area contributed by atoms with E-state index in [4.69, 9.17) is 11.6 Å². The minimum atomic E-state index is -2.86. The van der Waals surface area contributed by atoms with Crippen LogP contribution >= 0.6 is 11.6 Å². The highest BCUT2D eigenvalue weighted by Gasteiger charge is 2.25. The maximum Gasteiger partial charge on any atom is 0.387 e. The van der Waals surface area contributed by atoms with Gasteiger partial charge in [0.2, 0.25) is 0 Å². The van der Waals surface area contributed by atoms with Crippen molar-refractivity contribution in [1.82, 2.24) is 5.32 Å². The highest BCUT2D eigenvalue weighted by atomic mass is 35.5. The zero-order valence-electron chi connectivity index (χ0n) is 10.8. The lowest BCUT2D eigenvalue weighted by Gasteiger charge is -2.14. The van der Waals surface area contributed by atoms with E-state index >= 15 is 0 Å². The summed E-state index contributed by atoms with van der Waals surface area (Å²) in [6, 6.07) is 5.61. The van der Waals surface area contributed by atoms with E-state index in [0.717, 1.165) is 19.3 Å². The summed E-state index contributed by atoms with van der Waals surface area (Å²) in [5.74, 6) is 0.111. The van der Waals surface area contributed by atoms with Crippen LogP contribution in [-0.4, -0.2) is 24.4 Å². The number of ether oxygens (including phenoxy) is 1. The van der Waals surface area contributed by atoms with Gasteiger partial charge < -0.3 is 10.1 Å². The second-order valence-corrected chi connectivity index (χ2v) is 5.38. The third kappa shape index (κ3) is 4.07. The maximum absolute atomic E-state index is 12.0. The highest BCUT2D eigenvalue weighted by molar-refractivity contribution is 6.21. The summed E-state index contributed by atoms with van der Waals surface area (Å²) in [5, 5.41) is 2.94. The topological polar surface area (TPSA) is 38.3 Å². The van der Waals surface area contributed by atoms with E-state index in [-0.39, 0.29) is 17.0 Å². The molecule has 1 aliphatic rings. The first-order valence-electron chi connectivity index (χ1n) is 6.53. The smallest absolute Gasteiger partial charge is 0.387 e. The van der Waals surface area contributed by atoms with Crippen LogP contribution < -0.4 is 10.1 Å². The number of benzene rings is 1. The Kier molecular flexibility index (Phi) is 5.17. The molecule has 2 atom stereocenters. The van der Waals surface area contributed by atoms with Gasteiger partial charge in [-0.3, -0.25) is 4.79 Å². The molecule has 0 aliphatic heterocycles. The number of carbonyl (C=O) groups excluding carboxylic acids is 1. The van der Waals surface area contributed by atoms with Gasteiger partial charge in [0, 0.05) is 17.5 Å². The Hall–Kier alpha value is -1.36. The number of nitrogens with one attached hydrogen (secondary N) is 1. The molecule has 1 N–H and O–H groups in total. The van der Waals surface area contributed by atoms with E-state index in [2.05, 4.69) is 10.1 Å². The summed E-state index contributed by atoms with van der Waals surface area (Å²) in [6.07, 6.45) is 3.10. The lowest BCUT2D eigenvalue weighted by molar-refractivity contribution is -0.0498. The van der Waals surface area contributed by atoms with Gasteiger partial charge in [-0.25, -0.2) is 0 Å². The molecule has 1 amide bonds. The summed E-state index contributed by atoms with van der Waals surface area (Å²) in [6.45, 7) is -2.32. The predicted octanol–water partition coefficient (Wildman–Crippen LogP) is 3.43. The monoisotopic (exact) mass is 303 g/mol. The molecule has 1 fully saturated rings. The van der Waals surface area contributed by atoms with Crippen molar-refractivity contribution in [3.05, 3.63) is 29.8 Å². The summed E-state index contributed by atoms with van der Waals surface area (Å²) in [5.41, 5.74) is 0.413. The third-order valence-corrected chi connectivity index (χ3v) is 4.01. The van der Waals surface area contributed by atoms with Gasteiger partial charge in [0.1, 0.15) is 5.75 Å². The molecule has 6 heteroatoms. The second kappa shape index (κ2) is 6.88. The molecule has 1 aromatic carbocycles. The first kappa shape index (κ1) is 15.0. The van der Waals surface area contributed by atoms with Crippen molar-refractivity contribution in [3.63, 3.8) is 0 Å². The summed E-state index contributed by atoms with van der Waals surface area (Å²) >= 11 is 6.14. The van der Waals surface area contributed by atoms with Crippen LogP contribution in [0.3, 0.4) is 0 Å². The van der Waals surface area contributed by atoms with Gasteiger partial charge in [0.15, 0.2) is 0 Å². The predicted molar refractivity (Wildman–Crippen MR) is 72.4 cm³/mol. The lowest BCUT2D eigenvalue weighted by Crippen LogP contribution is -2.31. The van der Waals surface area contributed by atoms with E-state index in [1.54, 1.807) is 0 Å². The van der Waals surface area contributed by atoms with Crippen molar-refractivity contribution in [2.75, 3.05) is 6.54 Å². The van der Waals surface area contributed by atoms with E-state index in [0.29, 0.717) is 18.0 Å². The molecule has 110 valence electrons. The van der Waals surface area contributed by atoms with Crippen LogP contribution in [-0.2, 0) is 0 Å². The molecule has 0 heterocycles. The molecule has 0 bridgehead atoms. The largest absolute Gasteiger partial charge is 0.435 e. The van der Waals surface area contributed by atoms with E-state index in [1.807, 2.05) is 0 Å². The summed E-state index contributed by atoms with van der Waals surface area (Å²) < 4.78 is 28.2. The highest BCUT2D eigenvalue weighted by Crippen LogP contribution is 2.29. The minimum Gasteiger partial charge on any atom is -0.435 e. The van der Waals surface area contributed by atoms with Gasteiger partial charge in [-0.1, -0.05) is 6.42 Å². The van der Waals surface area contributed by atoms with Crippen molar-refractivity contribution >= 4 is 17.5 Å². The first-order chi connectivity index (χ1) is 9.56. The average Bonchev–Trinajstić information content (AvgIpc) is 2.82. The number of rotatable bonds is 5. The molecule has 0 aromatic heterocycles. The number of amides is 1. The molecule has 1 aliphatic carbocycles. The molecule has 2 unspecified atom stereocenters. The Bertz CT molecular complexity index is 453. The van der Waals surface area contributed by atoms with Gasteiger partial charge in [-0.2, -0.15) is 8.78 Å². The Balaban J connectivity index is 1.85. The molecule has 1 aromatic rings. The Morgan fingerprint density at radius 2 is 2.05 bits per heavy atom. The fraction of sp³-hybridized carbons (Fsp3) is 0.500. The molecule has 0 spiro atoms. The van der Waals surface area contributed by atoms with Crippen LogP contribution in [0.25, 0.3) is 0 Å². The molecule has 0 saturated heterocycles. The van der Waals surface area contributed by atoms with Crippen LogP contribution in [0.15, 0.2) is 24.3 Å². The fourth-order valence-corrected chi connectivity index (χ4v) is 2.70. The molecule has 2 rings (SSSR count). The van der Waals surface area contributed by atoms with Gasteiger partial charge in [-0.05, 0) is 43.0 Å². The van der Waals surface area contributed by atoms with Gasteiger partial charge >= 0.3 is 6.61 Å². The number of halogens is 3. The van der Waals surface area contributed by atoms with Crippen LogP contribution in [0, 0.1) is 5.92 Å². The SMILES string of the molecule is O=C(NCC1CCCC1Cl)c1ccc(OC(F)F)cc1. The molecule has 20 heavy (non-hydrogen) atoms. The Morgan fingerprint density at radius 3 is 2.60 bits per heavy atom. The zero-order valence-corrected chi connectivity index (χ0v) is 11.6. The molecule has 1 saturated carbocycles. The van der Waals surface area contributed by atoms with Gasteiger partial charge in [0.05, 0.1) is 0 Å².